The lowest BCUT2D eigenvalue weighted by Gasteiger charge is -2.39. The van der Waals surface area contributed by atoms with Gasteiger partial charge in [-0.3, -0.25) is 0 Å². The van der Waals surface area contributed by atoms with Gasteiger partial charge in [0.25, 0.3) is 0 Å². The lowest BCUT2D eigenvalue weighted by molar-refractivity contribution is -0.0704. The van der Waals surface area contributed by atoms with Crippen LogP contribution in [0.4, 0.5) is 4.39 Å². The second-order valence-corrected chi connectivity index (χ2v) is 5.84. The van der Waals surface area contributed by atoms with Gasteiger partial charge in [-0.2, -0.15) is 0 Å². The zero-order valence-electron chi connectivity index (χ0n) is 12.8. The van der Waals surface area contributed by atoms with Gasteiger partial charge in [0.05, 0.1) is 5.60 Å². The summed E-state index contributed by atoms with van der Waals surface area (Å²) in [6.07, 6.45) is 2.70. The van der Waals surface area contributed by atoms with Gasteiger partial charge in [0.2, 0.25) is 0 Å². The van der Waals surface area contributed by atoms with E-state index in [0.29, 0.717) is 6.61 Å². The first-order chi connectivity index (χ1) is 9.52. The van der Waals surface area contributed by atoms with E-state index < -0.39 is 0 Å². The summed E-state index contributed by atoms with van der Waals surface area (Å²) in [5.41, 5.74) is 0.911. The van der Waals surface area contributed by atoms with Crippen LogP contribution in [-0.2, 0) is 11.2 Å². The van der Waals surface area contributed by atoms with E-state index in [2.05, 4.69) is 35.1 Å². The molecule has 1 aromatic rings. The molecule has 0 saturated carbocycles. The van der Waals surface area contributed by atoms with Gasteiger partial charge in [-0.1, -0.05) is 35.8 Å². The molecule has 0 aromatic heterocycles. The predicted octanol–water partition coefficient (Wildman–Crippen LogP) is 4.31. The van der Waals surface area contributed by atoms with Crippen LogP contribution in [0.2, 0.25) is 0 Å². The maximum Gasteiger partial charge on any atom is 0.124 e. The van der Waals surface area contributed by atoms with Crippen molar-refractivity contribution in [2.75, 3.05) is 13.7 Å². The van der Waals surface area contributed by atoms with Crippen LogP contribution in [0.1, 0.15) is 39.2 Å². The van der Waals surface area contributed by atoms with Gasteiger partial charge in [-0.05, 0) is 50.9 Å². The quantitative estimate of drug-likeness (QED) is 0.757. The number of rotatable bonds is 8. The van der Waals surface area contributed by atoms with Gasteiger partial charge in [-0.15, -0.1) is 0 Å². The Balaban J connectivity index is 2.99. The van der Waals surface area contributed by atoms with Crippen LogP contribution >= 0.6 is 15.9 Å². The van der Waals surface area contributed by atoms with E-state index in [1.807, 2.05) is 20.0 Å². The Labute approximate surface area is 130 Å². The van der Waals surface area contributed by atoms with Crippen molar-refractivity contribution in [3.05, 3.63) is 34.1 Å². The summed E-state index contributed by atoms with van der Waals surface area (Å²) >= 11 is 3.45. The molecular formula is C16H25BrFNO. The van der Waals surface area contributed by atoms with Crippen LogP contribution in [0.25, 0.3) is 0 Å². The van der Waals surface area contributed by atoms with Crippen molar-refractivity contribution in [1.29, 1.82) is 0 Å². The molecule has 0 aliphatic heterocycles. The van der Waals surface area contributed by atoms with Gasteiger partial charge in [-0.25, -0.2) is 4.39 Å². The van der Waals surface area contributed by atoms with Crippen LogP contribution in [0.3, 0.4) is 0 Å². The zero-order chi connectivity index (χ0) is 15.2. The molecule has 4 heteroatoms. The van der Waals surface area contributed by atoms with Crippen LogP contribution < -0.4 is 5.32 Å². The molecule has 0 saturated heterocycles. The maximum atomic E-state index is 13.2. The van der Waals surface area contributed by atoms with E-state index in [0.717, 1.165) is 29.3 Å². The molecule has 0 heterocycles. The van der Waals surface area contributed by atoms with Crippen molar-refractivity contribution in [2.24, 2.45) is 0 Å². The number of nitrogens with one attached hydrogen (secondary N) is 1. The Morgan fingerprint density at radius 3 is 2.40 bits per heavy atom. The standard InChI is InChI=1S/C16H25BrFNO/c1-5-16(6-2,20-7-3)15(19-4)10-12-8-9-13(18)11-14(12)17/h8-9,11,15,19H,5-7,10H2,1-4H3. The summed E-state index contributed by atoms with van der Waals surface area (Å²) < 4.78 is 20.1. The van der Waals surface area contributed by atoms with Crippen molar-refractivity contribution in [2.45, 2.75) is 51.7 Å². The number of hydrogen-bond acceptors (Lipinski definition) is 2. The van der Waals surface area contributed by atoms with Crippen LogP contribution in [-0.4, -0.2) is 25.3 Å². The zero-order valence-corrected chi connectivity index (χ0v) is 14.4. The van der Waals surface area contributed by atoms with Crippen molar-refractivity contribution < 1.29 is 9.13 Å². The Hall–Kier alpha value is -0.450. The molecule has 20 heavy (non-hydrogen) atoms. The highest BCUT2D eigenvalue weighted by molar-refractivity contribution is 9.10. The fourth-order valence-electron chi connectivity index (χ4n) is 2.79. The second kappa shape index (κ2) is 8.11. The minimum Gasteiger partial charge on any atom is -0.374 e. The summed E-state index contributed by atoms with van der Waals surface area (Å²) in [6.45, 7) is 7.04. The Kier molecular flexibility index (Phi) is 7.13. The van der Waals surface area contributed by atoms with E-state index in [9.17, 15) is 4.39 Å². The number of ether oxygens (including phenoxy) is 1. The first-order valence-electron chi connectivity index (χ1n) is 7.28. The Morgan fingerprint density at radius 2 is 1.95 bits per heavy atom. The fourth-order valence-corrected chi connectivity index (χ4v) is 3.31. The first-order valence-corrected chi connectivity index (χ1v) is 8.07. The highest BCUT2D eigenvalue weighted by Gasteiger charge is 2.35. The van der Waals surface area contributed by atoms with Crippen molar-refractivity contribution in [3.8, 4) is 0 Å². The molecular weight excluding hydrogens is 321 g/mol. The fraction of sp³-hybridized carbons (Fsp3) is 0.625. The van der Waals surface area contributed by atoms with Gasteiger partial charge >= 0.3 is 0 Å². The van der Waals surface area contributed by atoms with Gasteiger partial charge in [0, 0.05) is 17.1 Å². The number of benzene rings is 1. The molecule has 1 atom stereocenters. The van der Waals surface area contributed by atoms with E-state index in [1.54, 1.807) is 0 Å². The van der Waals surface area contributed by atoms with E-state index in [-0.39, 0.29) is 17.5 Å². The van der Waals surface area contributed by atoms with Crippen LogP contribution in [0.15, 0.2) is 22.7 Å². The second-order valence-electron chi connectivity index (χ2n) is 4.99. The Bertz CT molecular complexity index is 421. The monoisotopic (exact) mass is 345 g/mol. The van der Waals surface area contributed by atoms with E-state index >= 15 is 0 Å². The number of halogens is 2. The topological polar surface area (TPSA) is 21.3 Å². The van der Waals surface area contributed by atoms with Crippen molar-refractivity contribution >= 4 is 15.9 Å². The summed E-state index contributed by atoms with van der Waals surface area (Å²) in [5.74, 6) is -0.219. The van der Waals surface area contributed by atoms with Crippen LogP contribution in [0, 0.1) is 5.82 Å². The third kappa shape index (κ3) is 4.03. The predicted molar refractivity (Wildman–Crippen MR) is 85.6 cm³/mol. The highest BCUT2D eigenvalue weighted by atomic mass is 79.9. The molecule has 0 aliphatic carbocycles. The minimum absolute atomic E-state index is 0.183. The summed E-state index contributed by atoms with van der Waals surface area (Å²) in [4.78, 5) is 0. The average molecular weight is 346 g/mol. The summed E-state index contributed by atoms with van der Waals surface area (Å²) in [7, 11) is 1.96. The molecule has 0 amide bonds. The SMILES string of the molecule is CCOC(CC)(CC)C(Cc1ccc(F)cc1Br)NC. The molecule has 1 rings (SSSR count). The first kappa shape index (κ1) is 17.6. The highest BCUT2D eigenvalue weighted by Crippen LogP contribution is 2.29. The largest absolute Gasteiger partial charge is 0.374 e. The molecule has 114 valence electrons. The van der Waals surface area contributed by atoms with E-state index in [1.165, 1.54) is 12.1 Å². The van der Waals surface area contributed by atoms with Gasteiger partial charge in [0.1, 0.15) is 5.82 Å². The maximum absolute atomic E-state index is 13.2. The van der Waals surface area contributed by atoms with Gasteiger partial charge < -0.3 is 10.1 Å². The van der Waals surface area contributed by atoms with Crippen molar-refractivity contribution in [1.82, 2.24) is 5.32 Å². The molecule has 1 aromatic carbocycles. The van der Waals surface area contributed by atoms with Gasteiger partial charge in [0.15, 0.2) is 0 Å². The third-order valence-electron chi connectivity index (χ3n) is 4.05. The minimum atomic E-state index is -0.219. The average Bonchev–Trinajstić information content (AvgIpc) is 2.44. The van der Waals surface area contributed by atoms with Crippen LogP contribution in [0.5, 0.6) is 0 Å². The third-order valence-corrected chi connectivity index (χ3v) is 4.79. The molecule has 0 aliphatic rings. The Morgan fingerprint density at radius 1 is 1.30 bits per heavy atom. The lowest BCUT2D eigenvalue weighted by Crippen LogP contribution is -2.52. The smallest absolute Gasteiger partial charge is 0.124 e. The number of hydrogen-bond donors (Lipinski definition) is 1. The lowest BCUT2D eigenvalue weighted by atomic mass is 9.84. The summed E-state index contributed by atoms with van der Waals surface area (Å²) in [5, 5.41) is 3.38. The van der Waals surface area contributed by atoms with E-state index in [4.69, 9.17) is 4.74 Å². The molecule has 1 unspecified atom stereocenters. The summed E-state index contributed by atoms with van der Waals surface area (Å²) in [6, 6.07) is 5.06. The molecule has 0 fully saturated rings. The molecule has 0 spiro atoms. The van der Waals surface area contributed by atoms with Crippen molar-refractivity contribution in [3.63, 3.8) is 0 Å². The molecule has 0 radical (unpaired) electrons. The normalized spacial score (nSPS) is 13.5. The number of likely N-dealkylation sites (N-methyl/N-ethyl adjacent to an activating group) is 1. The molecule has 2 nitrogen and oxygen atoms in total. The molecule has 1 N–H and O–H groups in total. The molecule has 0 bridgehead atoms.